The molecule has 1 aromatic heterocycles. The average molecular weight is 560 g/mol. The van der Waals surface area contributed by atoms with Gasteiger partial charge in [0.2, 0.25) is 0 Å². The number of carbonyl (C=O) groups is 1. The van der Waals surface area contributed by atoms with Crippen LogP contribution in [0, 0.1) is 0 Å². The molecule has 7 nitrogen and oxygen atoms in total. The molecule has 1 fully saturated rings. The summed E-state index contributed by atoms with van der Waals surface area (Å²) in [6.07, 6.45) is 1.35. The predicted molar refractivity (Wildman–Crippen MR) is 156 cm³/mol. The number of ether oxygens (including phenoxy) is 3. The Morgan fingerprint density at radius 2 is 1.80 bits per heavy atom. The summed E-state index contributed by atoms with van der Waals surface area (Å²) in [6, 6.07) is 23.4. The van der Waals surface area contributed by atoms with Gasteiger partial charge in [-0.25, -0.2) is 4.79 Å². The second-order valence-electron chi connectivity index (χ2n) is 10.3. The van der Waals surface area contributed by atoms with Crippen LogP contribution in [0.15, 0.2) is 72.8 Å². The molecule has 0 saturated carbocycles. The zero-order chi connectivity index (χ0) is 27.3. The minimum absolute atomic E-state index is 0.231. The highest BCUT2D eigenvalue weighted by Crippen LogP contribution is 2.40. The van der Waals surface area contributed by atoms with Crippen molar-refractivity contribution in [3.05, 3.63) is 100 Å². The molecule has 0 radical (unpaired) electrons. The van der Waals surface area contributed by atoms with E-state index in [9.17, 15) is 4.79 Å². The smallest absolute Gasteiger partial charge is 0.410 e. The van der Waals surface area contributed by atoms with Gasteiger partial charge >= 0.3 is 6.09 Å². The first-order valence-corrected chi connectivity index (χ1v) is 14.3. The van der Waals surface area contributed by atoms with Gasteiger partial charge in [0.1, 0.15) is 18.4 Å². The Morgan fingerprint density at radius 1 is 1.00 bits per heavy atom. The van der Waals surface area contributed by atoms with Gasteiger partial charge < -0.3 is 19.2 Å². The summed E-state index contributed by atoms with van der Waals surface area (Å²) in [5, 5.41) is 1.80. The Morgan fingerprint density at radius 3 is 2.60 bits per heavy atom. The van der Waals surface area contributed by atoms with E-state index in [1.807, 2.05) is 77.7 Å². The van der Waals surface area contributed by atoms with Crippen LogP contribution in [0.3, 0.4) is 0 Å². The van der Waals surface area contributed by atoms with Crippen molar-refractivity contribution >= 4 is 28.6 Å². The lowest BCUT2D eigenvalue weighted by molar-refractivity contribution is 0.0358. The van der Waals surface area contributed by atoms with Gasteiger partial charge in [-0.2, -0.15) is 0 Å². The van der Waals surface area contributed by atoms with Crippen molar-refractivity contribution in [3.63, 3.8) is 0 Å². The number of amides is 1. The Hall–Kier alpha value is -3.52. The molecule has 1 atom stereocenters. The first-order valence-electron chi connectivity index (χ1n) is 14.0. The van der Waals surface area contributed by atoms with Gasteiger partial charge in [0.15, 0.2) is 0 Å². The van der Waals surface area contributed by atoms with Crippen molar-refractivity contribution in [1.82, 2.24) is 14.8 Å². The van der Waals surface area contributed by atoms with Crippen LogP contribution < -0.4 is 4.74 Å². The van der Waals surface area contributed by atoms with Crippen LogP contribution in [0.5, 0.6) is 5.75 Å². The average Bonchev–Trinajstić information content (AvgIpc) is 3.37. The van der Waals surface area contributed by atoms with E-state index in [4.69, 9.17) is 25.8 Å². The van der Waals surface area contributed by atoms with Crippen LogP contribution in [0.1, 0.15) is 34.8 Å². The van der Waals surface area contributed by atoms with Crippen molar-refractivity contribution in [2.45, 2.75) is 25.5 Å². The summed E-state index contributed by atoms with van der Waals surface area (Å²) < 4.78 is 17.3. The van der Waals surface area contributed by atoms with Crippen LogP contribution in [0.4, 0.5) is 4.79 Å². The topological polar surface area (TPSA) is 67.0 Å². The summed E-state index contributed by atoms with van der Waals surface area (Å²) in [5.74, 6) is 0.823. The minimum Gasteiger partial charge on any atom is -0.494 e. The first-order chi connectivity index (χ1) is 19.7. The van der Waals surface area contributed by atoms with Crippen molar-refractivity contribution in [2.75, 3.05) is 46.0 Å². The fraction of sp³-hybridized carbons (Fsp3) is 0.344. The number of morpholine rings is 1. The van der Waals surface area contributed by atoms with Crippen LogP contribution >= 0.6 is 11.6 Å². The molecule has 0 bridgehead atoms. The number of hydrogen-bond acceptors (Lipinski definition) is 5. The van der Waals surface area contributed by atoms with Crippen LogP contribution in [0.25, 0.3) is 10.9 Å². The third-order valence-corrected chi connectivity index (χ3v) is 7.95. The highest BCUT2D eigenvalue weighted by molar-refractivity contribution is 6.31. The van der Waals surface area contributed by atoms with E-state index in [0.717, 1.165) is 79.2 Å². The molecule has 3 aromatic carbocycles. The summed E-state index contributed by atoms with van der Waals surface area (Å²) in [5.41, 5.74) is 5.16. The number of carbonyl (C=O) groups excluding carboxylic acids is 1. The molecule has 40 heavy (non-hydrogen) atoms. The number of aromatic amines is 1. The zero-order valence-electron chi connectivity index (χ0n) is 22.5. The van der Waals surface area contributed by atoms with E-state index in [-0.39, 0.29) is 18.7 Å². The van der Waals surface area contributed by atoms with E-state index >= 15 is 0 Å². The van der Waals surface area contributed by atoms with Gasteiger partial charge in [-0.15, -0.1) is 0 Å². The lowest BCUT2D eigenvalue weighted by Gasteiger charge is -2.35. The molecule has 8 heteroatoms. The molecule has 6 rings (SSSR count). The van der Waals surface area contributed by atoms with Crippen molar-refractivity contribution < 1.29 is 19.0 Å². The normalized spacial score (nSPS) is 17.5. The van der Waals surface area contributed by atoms with Gasteiger partial charge in [-0.1, -0.05) is 54.1 Å². The molecule has 2 aliphatic heterocycles. The maximum atomic E-state index is 13.4. The minimum atomic E-state index is -0.334. The summed E-state index contributed by atoms with van der Waals surface area (Å²) >= 11 is 6.34. The van der Waals surface area contributed by atoms with Crippen LogP contribution in [-0.4, -0.2) is 66.9 Å². The molecule has 1 amide bonds. The monoisotopic (exact) mass is 559 g/mol. The molecule has 1 N–H and O–H groups in total. The maximum Gasteiger partial charge on any atom is 0.410 e. The van der Waals surface area contributed by atoms with Gasteiger partial charge in [-0.3, -0.25) is 9.80 Å². The Labute approximate surface area is 239 Å². The summed E-state index contributed by atoms with van der Waals surface area (Å²) in [7, 11) is 0. The van der Waals surface area contributed by atoms with E-state index in [1.165, 1.54) is 5.56 Å². The molecule has 208 valence electrons. The van der Waals surface area contributed by atoms with Crippen molar-refractivity contribution in [2.24, 2.45) is 0 Å². The molecule has 0 spiro atoms. The number of aromatic nitrogens is 1. The van der Waals surface area contributed by atoms with Crippen molar-refractivity contribution in [3.8, 4) is 5.75 Å². The number of nitrogens with zero attached hydrogens (tertiary/aromatic N) is 2. The summed E-state index contributed by atoms with van der Waals surface area (Å²) in [4.78, 5) is 21.3. The number of nitrogens with one attached hydrogen (secondary N) is 1. The second-order valence-corrected chi connectivity index (χ2v) is 10.8. The van der Waals surface area contributed by atoms with E-state index in [1.54, 1.807) is 0 Å². The fourth-order valence-corrected chi connectivity index (χ4v) is 5.83. The van der Waals surface area contributed by atoms with Gasteiger partial charge in [0.25, 0.3) is 0 Å². The van der Waals surface area contributed by atoms with Gasteiger partial charge in [-0.05, 0) is 59.9 Å². The third-order valence-electron chi connectivity index (χ3n) is 7.72. The van der Waals surface area contributed by atoms with E-state index in [2.05, 4.69) is 9.88 Å². The molecule has 1 unspecified atom stereocenters. The first kappa shape index (κ1) is 26.7. The quantitative estimate of drug-likeness (QED) is 0.260. The molecule has 1 saturated heterocycles. The largest absolute Gasteiger partial charge is 0.494 e. The molecule has 2 aliphatic rings. The third kappa shape index (κ3) is 5.97. The SMILES string of the molecule is O=C(OCc1ccccc1)N1CCc2c([nH]c3ccc(Cl)cc23)C1c1ccc(OCCCN2CCOCC2)cc1. The fourth-order valence-electron chi connectivity index (χ4n) is 5.66. The lowest BCUT2D eigenvalue weighted by atomic mass is 9.92. The van der Waals surface area contributed by atoms with Crippen LogP contribution in [-0.2, 0) is 22.5 Å². The zero-order valence-corrected chi connectivity index (χ0v) is 23.2. The van der Waals surface area contributed by atoms with Gasteiger partial charge in [0, 0.05) is 47.8 Å². The molecule has 0 aliphatic carbocycles. The highest BCUT2D eigenvalue weighted by Gasteiger charge is 2.35. The number of H-pyrrole nitrogens is 1. The number of rotatable bonds is 8. The predicted octanol–water partition coefficient (Wildman–Crippen LogP) is 6.21. The Kier molecular flexibility index (Phi) is 8.23. The number of hydrogen-bond donors (Lipinski definition) is 1. The second kappa shape index (κ2) is 12.3. The summed E-state index contributed by atoms with van der Waals surface area (Å²) in [6.45, 7) is 6.04. The van der Waals surface area contributed by atoms with E-state index < -0.39 is 0 Å². The number of fused-ring (bicyclic) bond motifs is 3. The maximum absolute atomic E-state index is 13.4. The molecular formula is C32H34ClN3O4. The highest BCUT2D eigenvalue weighted by atomic mass is 35.5. The molecular weight excluding hydrogens is 526 g/mol. The van der Waals surface area contributed by atoms with Gasteiger partial charge in [0.05, 0.1) is 19.8 Å². The Bertz CT molecular complexity index is 1430. The molecule has 3 heterocycles. The van der Waals surface area contributed by atoms with Crippen LogP contribution in [0.2, 0.25) is 5.02 Å². The Balaban J connectivity index is 1.20. The molecule has 4 aromatic rings. The number of halogens is 1. The standard InChI is InChI=1S/C32H34ClN3O4/c33-25-9-12-29-28(21-25)27-13-15-36(32(37)40-22-23-5-2-1-3-6-23)31(30(27)34-29)24-7-10-26(11-8-24)39-18-4-14-35-16-19-38-20-17-35/h1-3,5-12,21,31,34H,4,13-20,22H2. The van der Waals surface area contributed by atoms with E-state index in [0.29, 0.717) is 18.2 Å². The van der Waals surface area contributed by atoms with Crippen molar-refractivity contribution in [1.29, 1.82) is 0 Å². The lowest BCUT2D eigenvalue weighted by Crippen LogP contribution is -2.40. The number of benzene rings is 3.